The summed E-state index contributed by atoms with van der Waals surface area (Å²) in [6, 6.07) is 19.5. The fraction of sp³-hybridized carbons (Fsp3) is 0.192. The number of methoxy groups -OCH3 is 2. The molecule has 1 heterocycles. The molecule has 2 N–H and O–H groups in total. The van der Waals surface area contributed by atoms with E-state index >= 15 is 0 Å². The van der Waals surface area contributed by atoms with Gasteiger partial charge in [-0.05, 0) is 36.2 Å². The van der Waals surface area contributed by atoms with Crippen LogP contribution in [0.1, 0.15) is 34.5 Å². The molecule has 0 saturated heterocycles. The lowest BCUT2D eigenvalue weighted by molar-refractivity contribution is 0.0940. The van der Waals surface area contributed by atoms with E-state index < -0.39 is 11.2 Å². The van der Waals surface area contributed by atoms with E-state index in [4.69, 9.17) is 9.47 Å². The molecule has 4 aromatic rings. The number of benzene rings is 3. The molecule has 1 atom stereocenters. The van der Waals surface area contributed by atoms with E-state index in [0.717, 1.165) is 10.1 Å². The molecule has 0 bridgehead atoms. The summed E-state index contributed by atoms with van der Waals surface area (Å²) in [5, 5.41) is 3.28. The number of fused-ring (bicyclic) bond motifs is 1. The Morgan fingerprint density at radius 3 is 2.26 bits per heavy atom. The van der Waals surface area contributed by atoms with Gasteiger partial charge in [0.25, 0.3) is 11.5 Å². The number of rotatable bonds is 7. The third kappa shape index (κ3) is 4.56. The van der Waals surface area contributed by atoms with Gasteiger partial charge in [-0.1, -0.05) is 42.5 Å². The van der Waals surface area contributed by atoms with E-state index in [9.17, 15) is 14.4 Å². The molecular formula is C26H25N3O5. The lowest BCUT2D eigenvalue weighted by Gasteiger charge is -2.14. The van der Waals surface area contributed by atoms with Crippen molar-refractivity contribution in [1.82, 2.24) is 14.9 Å². The van der Waals surface area contributed by atoms with Gasteiger partial charge < -0.3 is 19.8 Å². The maximum absolute atomic E-state index is 13.0. The molecular weight excluding hydrogens is 434 g/mol. The van der Waals surface area contributed by atoms with Crippen molar-refractivity contribution in [1.29, 1.82) is 0 Å². The van der Waals surface area contributed by atoms with Crippen LogP contribution in [0.5, 0.6) is 11.5 Å². The van der Waals surface area contributed by atoms with Gasteiger partial charge in [-0.15, -0.1) is 0 Å². The van der Waals surface area contributed by atoms with Crippen LogP contribution < -0.4 is 26.0 Å². The Morgan fingerprint density at radius 1 is 0.971 bits per heavy atom. The molecule has 174 valence electrons. The summed E-state index contributed by atoms with van der Waals surface area (Å²) in [5.74, 6) is 0.605. The lowest BCUT2D eigenvalue weighted by Crippen LogP contribution is -2.35. The van der Waals surface area contributed by atoms with Crippen molar-refractivity contribution < 1.29 is 14.3 Å². The first kappa shape index (κ1) is 22.8. The largest absolute Gasteiger partial charge is 0.493 e. The van der Waals surface area contributed by atoms with E-state index in [-0.39, 0.29) is 18.5 Å². The highest BCUT2D eigenvalue weighted by Gasteiger charge is 2.14. The van der Waals surface area contributed by atoms with Crippen LogP contribution in [0.25, 0.3) is 10.9 Å². The minimum Gasteiger partial charge on any atom is -0.493 e. The van der Waals surface area contributed by atoms with Crippen molar-refractivity contribution in [3.8, 4) is 11.5 Å². The van der Waals surface area contributed by atoms with Gasteiger partial charge in [-0.3, -0.25) is 14.2 Å². The number of hydrogen-bond donors (Lipinski definition) is 2. The number of carbonyl (C=O) groups is 1. The van der Waals surface area contributed by atoms with E-state index in [1.165, 1.54) is 14.2 Å². The van der Waals surface area contributed by atoms with Crippen LogP contribution in [0.15, 0.2) is 76.3 Å². The molecule has 1 unspecified atom stereocenters. The molecule has 34 heavy (non-hydrogen) atoms. The Labute approximate surface area is 195 Å². The second-order valence-corrected chi connectivity index (χ2v) is 7.88. The zero-order chi connectivity index (χ0) is 24.2. The minimum atomic E-state index is -0.539. The summed E-state index contributed by atoms with van der Waals surface area (Å²) in [4.78, 5) is 41.0. The number of aromatic amines is 1. The van der Waals surface area contributed by atoms with Crippen LogP contribution >= 0.6 is 0 Å². The molecule has 8 nitrogen and oxygen atoms in total. The molecule has 0 aliphatic carbocycles. The zero-order valence-corrected chi connectivity index (χ0v) is 19.1. The number of ether oxygens (including phenoxy) is 2. The fourth-order valence-corrected chi connectivity index (χ4v) is 3.77. The van der Waals surface area contributed by atoms with Gasteiger partial charge in [-0.2, -0.15) is 0 Å². The predicted molar refractivity (Wildman–Crippen MR) is 130 cm³/mol. The van der Waals surface area contributed by atoms with Crippen molar-refractivity contribution in [2.75, 3.05) is 14.2 Å². The number of H-pyrrole nitrogens is 1. The number of amides is 1. The van der Waals surface area contributed by atoms with E-state index in [1.807, 2.05) is 37.3 Å². The maximum atomic E-state index is 13.0. The van der Waals surface area contributed by atoms with E-state index in [1.54, 1.807) is 36.4 Å². The van der Waals surface area contributed by atoms with Crippen LogP contribution in [0.3, 0.4) is 0 Å². The predicted octanol–water partition coefficient (Wildman–Crippen LogP) is 3.25. The SMILES string of the molecule is COc1cc2[nH]c(=O)n(Cc3ccc(C(=O)NC(C)c4ccccc4)cc3)c(=O)c2cc1OC. The normalized spacial score (nSPS) is 11.7. The van der Waals surface area contributed by atoms with Gasteiger partial charge in [-0.25, -0.2) is 4.79 Å². The average Bonchev–Trinajstić information content (AvgIpc) is 2.86. The monoisotopic (exact) mass is 459 g/mol. The Balaban J connectivity index is 1.56. The first-order valence-electron chi connectivity index (χ1n) is 10.7. The zero-order valence-electron chi connectivity index (χ0n) is 19.1. The molecule has 1 amide bonds. The Morgan fingerprint density at radius 2 is 1.62 bits per heavy atom. The third-order valence-electron chi connectivity index (χ3n) is 5.69. The highest BCUT2D eigenvalue weighted by atomic mass is 16.5. The molecule has 0 fully saturated rings. The first-order chi connectivity index (χ1) is 16.4. The molecule has 0 aliphatic rings. The average molecular weight is 460 g/mol. The maximum Gasteiger partial charge on any atom is 0.329 e. The Bertz CT molecular complexity index is 1440. The standard InChI is InChI=1S/C26H25N3O5/c1-16(18-7-5-4-6-8-18)27-24(30)19-11-9-17(10-12-19)15-29-25(31)20-13-22(33-2)23(34-3)14-21(20)28-26(29)32/h4-14,16H,15H2,1-3H3,(H,27,30)(H,28,32). The van der Waals surface area contributed by atoms with Crippen LogP contribution in [0.2, 0.25) is 0 Å². The summed E-state index contributed by atoms with van der Waals surface area (Å²) in [6.07, 6.45) is 0. The topological polar surface area (TPSA) is 102 Å². The molecule has 1 aromatic heterocycles. The Kier molecular flexibility index (Phi) is 6.49. The van der Waals surface area contributed by atoms with Crippen LogP contribution in [-0.4, -0.2) is 29.7 Å². The molecule has 0 saturated carbocycles. The van der Waals surface area contributed by atoms with Crippen molar-refractivity contribution in [3.63, 3.8) is 0 Å². The van der Waals surface area contributed by atoms with Crippen LogP contribution in [0.4, 0.5) is 0 Å². The first-order valence-corrected chi connectivity index (χ1v) is 10.7. The van der Waals surface area contributed by atoms with Crippen molar-refractivity contribution in [3.05, 3.63) is 104 Å². The summed E-state index contributed by atoms with van der Waals surface area (Å²) in [6.45, 7) is 1.98. The van der Waals surface area contributed by atoms with Gasteiger partial charge in [0.15, 0.2) is 11.5 Å². The molecule has 4 rings (SSSR count). The second kappa shape index (κ2) is 9.66. The second-order valence-electron chi connectivity index (χ2n) is 7.88. The fourth-order valence-electron chi connectivity index (χ4n) is 3.77. The number of nitrogens with one attached hydrogen (secondary N) is 2. The molecule has 8 heteroatoms. The summed E-state index contributed by atoms with van der Waals surface area (Å²) in [5.41, 5.74) is 1.59. The van der Waals surface area contributed by atoms with Gasteiger partial charge in [0.1, 0.15) is 0 Å². The van der Waals surface area contributed by atoms with Gasteiger partial charge in [0.2, 0.25) is 0 Å². The number of nitrogens with zero attached hydrogens (tertiary/aromatic N) is 1. The van der Waals surface area contributed by atoms with Gasteiger partial charge in [0, 0.05) is 11.6 Å². The Hall–Kier alpha value is -4.33. The van der Waals surface area contributed by atoms with Crippen molar-refractivity contribution in [2.45, 2.75) is 19.5 Å². The summed E-state index contributed by atoms with van der Waals surface area (Å²) < 4.78 is 11.6. The lowest BCUT2D eigenvalue weighted by atomic mass is 10.1. The number of aromatic nitrogens is 2. The van der Waals surface area contributed by atoms with E-state index in [2.05, 4.69) is 10.3 Å². The van der Waals surface area contributed by atoms with Gasteiger partial charge in [0.05, 0.1) is 37.7 Å². The summed E-state index contributed by atoms with van der Waals surface area (Å²) >= 11 is 0. The van der Waals surface area contributed by atoms with Crippen molar-refractivity contribution in [2.24, 2.45) is 0 Å². The van der Waals surface area contributed by atoms with Crippen LogP contribution in [-0.2, 0) is 6.54 Å². The number of carbonyl (C=O) groups excluding carboxylic acids is 1. The van der Waals surface area contributed by atoms with E-state index in [0.29, 0.717) is 33.5 Å². The smallest absolute Gasteiger partial charge is 0.329 e. The molecule has 3 aromatic carbocycles. The third-order valence-corrected chi connectivity index (χ3v) is 5.69. The molecule has 0 radical (unpaired) electrons. The van der Waals surface area contributed by atoms with Crippen LogP contribution in [0, 0.1) is 0 Å². The van der Waals surface area contributed by atoms with Crippen molar-refractivity contribution >= 4 is 16.8 Å². The number of hydrogen-bond acceptors (Lipinski definition) is 5. The quantitative estimate of drug-likeness (QED) is 0.442. The molecule has 0 spiro atoms. The minimum absolute atomic E-state index is 0.0563. The summed E-state index contributed by atoms with van der Waals surface area (Å²) in [7, 11) is 2.96. The molecule has 0 aliphatic heterocycles. The highest BCUT2D eigenvalue weighted by molar-refractivity contribution is 5.94. The van der Waals surface area contributed by atoms with Gasteiger partial charge >= 0.3 is 5.69 Å². The highest BCUT2D eigenvalue weighted by Crippen LogP contribution is 2.29.